The van der Waals surface area contributed by atoms with Crippen molar-refractivity contribution in [3.8, 4) is 27.8 Å². The third-order valence-electron chi connectivity index (χ3n) is 3.46. The first kappa shape index (κ1) is 18.5. The molecule has 134 valence electrons. The third-order valence-corrected chi connectivity index (χ3v) is 5.16. The fourth-order valence-electron chi connectivity index (χ4n) is 2.18. The molecule has 2 aromatic carbocycles. The van der Waals surface area contributed by atoms with E-state index in [0.717, 1.165) is 5.56 Å². The molecule has 0 aliphatic rings. The van der Waals surface area contributed by atoms with Gasteiger partial charge in [0.15, 0.2) is 22.9 Å². The number of benzene rings is 2. The van der Waals surface area contributed by atoms with Crippen molar-refractivity contribution in [2.45, 2.75) is 0 Å². The molecule has 0 fully saturated rings. The van der Waals surface area contributed by atoms with Gasteiger partial charge in [-0.25, -0.2) is 9.78 Å². The van der Waals surface area contributed by atoms with Crippen LogP contribution in [0.5, 0.6) is 17.2 Å². The van der Waals surface area contributed by atoms with Crippen molar-refractivity contribution in [2.75, 3.05) is 14.2 Å². The molecule has 8 heteroatoms. The van der Waals surface area contributed by atoms with Gasteiger partial charge < -0.3 is 14.2 Å². The molecule has 0 atom stereocenters. The number of nitrogens with zero attached hydrogens (tertiary/aromatic N) is 1. The largest absolute Gasteiger partial charge is 0.493 e. The molecule has 1 aromatic heterocycles. The molecule has 0 saturated carbocycles. The predicted molar refractivity (Wildman–Crippen MR) is 102 cm³/mol. The topological polar surface area (TPSA) is 57.7 Å². The van der Waals surface area contributed by atoms with Crippen molar-refractivity contribution in [2.24, 2.45) is 0 Å². The summed E-state index contributed by atoms with van der Waals surface area (Å²) in [5, 5.41) is 2.75. The zero-order valence-electron chi connectivity index (χ0n) is 13.8. The SMILES string of the molecule is COc1ccc(-c2nc(C(=O)Oc3cccc(Cl)c3Cl)cs2)cc1OC. The van der Waals surface area contributed by atoms with Gasteiger partial charge in [-0.1, -0.05) is 29.3 Å². The minimum Gasteiger partial charge on any atom is -0.493 e. The highest BCUT2D eigenvalue weighted by Gasteiger charge is 2.17. The van der Waals surface area contributed by atoms with Crippen LogP contribution in [0.25, 0.3) is 10.6 Å². The summed E-state index contributed by atoms with van der Waals surface area (Å²) in [5.41, 5.74) is 0.975. The molecular weight excluding hydrogens is 397 g/mol. The summed E-state index contributed by atoms with van der Waals surface area (Å²) in [6.45, 7) is 0. The highest BCUT2D eigenvalue weighted by atomic mass is 35.5. The van der Waals surface area contributed by atoms with Gasteiger partial charge in [0.05, 0.1) is 19.2 Å². The summed E-state index contributed by atoms with van der Waals surface area (Å²) in [7, 11) is 3.12. The molecule has 0 bridgehead atoms. The van der Waals surface area contributed by atoms with Crippen molar-refractivity contribution >= 4 is 40.5 Å². The molecule has 0 spiro atoms. The smallest absolute Gasteiger partial charge is 0.363 e. The lowest BCUT2D eigenvalue weighted by molar-refractivity contribution is 0.0729. The van der Waals surface area contributed by atoms with Gasteiger partial charge in [0.1, 0.15) is 10.0 Å². The Morgan fingerprint density at radius 2 is 1.81 bits per heavy atom. The van der Waals surface area contributed by atoms with Crippen LogP contribution in [0.4, 0.5) is 0 Å². The highest BCUT2D eigenvalue weighted by Crippen LogP contribution is 2.34. The maximum Gasteiger partial charge on any atom is 0.363 e. The van der Waals surface area contributed by atoms with E-state index in [1.807, 2.05) is 6.07 Å². The molecule has 0 aliphatic carbocycles. The molecule has 0 unspecified atom stereocenters. The predicted octanol–water partition coefficient (Wildman–Crippen LogP) is 5.35. The summed E-state index contributed by atoms with van der Waals surface area (Å²) in [5.74, 6) is 0.764. The number of carbonyl (C=O) groups is 1. The van der Waals surface area contributed by atoms with Gasteiger partial charge in [-0.15, -0.1) is 11.3 Å². The van der Waals surface area contributed by atoms with Crippen molar-refractivity contribution in [3.05, 3.63) is 57.5 Å². The van der Waals surface area contributed by atoms with Crippen LogP contribution in [0.3, 0.4) is 0 Å². The number of methoxy groups -OCH3 is 2. The number of thiazole rings is 1. The van der Waals surface area contributed by atoms with Gasteiger partial charge in [-0.3, -0.25) is 0 Å². The Balaban J connectivity index is 1.83. The molecule has 0 radical (unpaired) electrons. The van der Waals surface area contributed by atoms with Crippen LogP contribution < -0.4 is 14.2 Å². The summed E-state index contributed by atoms with van der Waals surface area (Å²) in [6.07, 6.45) is 0. The van der Waals surface area contributed by atoms with E-state index in [1.54, 1.807) is 49.9 Å². The number of ether oxygens (including phenoxy) is 3. The van der Waals surface area contributed by atoms with E-state index in [1.165, 1.54) is 11.3 Å². The zero-order chi connectivity index (χ0) is 18.7. The molecule has 26 heavy (non-hydrogen) atoms. The molecule has 0 saturated heterocycles. The van der Waals surface area contributed by atoms with Gasteiger partial charge in [0.25, 0.3) is 0 Å². The van der Waals surface area contributed by atoms with E-state index in [4.69, 9.17) is 37.4 Å². The number of carbonyl (C=O) groups excluding carboxylic acids is 1. The highest BCUT2D eigenvalue weighted by molar-refractivity contribution is 7.13. The van der Waals surface area contributed by atoms with Crippen LogP contribution >= 0.6 is 34.5 Å². The Hall–Kier alpha value is -2.28. The van der Waals surface area contributed by atoms with Crippen molar-refractivity contribution in [3.63, 3.8) is 0 Å². The van der Waals surface area contributed by atoms with Gasteiger partial charge in [-0.2, -0.15) is 0 Å². The number of hydrogen-bond donors (Lipinski definition) is 0. The van der Waals surface area contributed by atoms with Gasteiger partial charge in [-0.05, 0) is 30.3 Å². The third kappa shape index (κ3) is 3.77. The quantitative estimate of drug-likeness (QED) is 0.419. The number of rotatable bonds is 5. The summed E-state index contributed by atoms with van der Waals surface area (Å²) in [6, 6.07) is 10.2. The number of halogens is 2. The van der Waals surface area contributed by atoms with Crippen molar-refractivity contribution in [1.29, 1.82) is 0 Å². The average molecular weight is 410 g/mol. The second-order valence-corrected chi connectivity index (χ2v) is 6.69. The normalized spacial score (nSPS) is 10.5. The molecule has 1 heterocycles. The van der Waals surface area contributed by atoms with Crippen molar-refractivity contribution < 1.29 is 19.0 Å². The fourth-order valence-corrected chi connectivity index (χ4v) is 3.30. The lowest BCUT2D eigenvalue weighted by atomic mass is 10.2. The Kier molecular flexibility index (Phi) is 5.66. The fraction of sp³-hybridized carbons (Fsp3) is 0.111. The summed E-state index contributed by atoms with van der Waals surface area (Å²) in [4.78, 5) is 16.7. The maximum atomic E-state index is 12.3. The minimum atomic E-state index is -0.614. The Morgan fingerprint density at radius 3 is 2.54 bits per heavy atom. The van der Waals surface area contributed by atoms with Crippen LogP contribution in [-0.4, -0.2) is 25.2 Å². The van der Waals surface area contributed by atoms with E-state index in [2.05, 4.69) is 4.98 Å². The molecular formula is C18H13Cl2NO4S. The standard InChI is InChI=1S/C18H13Cl2NO4S/c1-23-13-7-6-10(8-15(13)24-2)17-21-12(9-26-17)18(22)25-14-5-3-4-11(19)16(14)20/h3-9H,1-2H3. The minimum absolute atomic E-state index is 0.177. The van der Waals surface area contributed by atoms with Crippen molar-refractivity contribution in [1.82, 2.24) is 4.98 Å². The second-order valence-electron chi connectivity index (χ2n) is 5.05. The van der Waals surface area contributed by atoms with E-state index >= 15 is 0 Å². The lowest BCUT2D eigenvalue weighted by Crippen LogP contribution is -2.09. The Labute approximate surface area is 164 Å². The maximum absolute atomic E-state index is 12.3. The summed E-state index contributed by atoms with van der Waals surface area (Å²) >= 11 is 13.3. The monoisotopic (exact) mass is 409 g/mol. The molecule has 0 aliphatic heterocycles. The Bertz CT molecular complexity index is 958. The lowest BCUT2D eigenvalue weighted by Gasteiger charge is -2.08. The number of hydrogen-bond acceptors (Lipinski definition) is 6. The second kappa shape index (κ2) is 7.95. The molecule has 0 amide bonds. The van der Waals surface area contributed by atoms with Gasteiger partial charge >= 0.3 is 5.97 Å². The first-order valence-corrected chi connectivity index (χ1v) is 9.01. The van der Waals surface area contributed by atoms with E-state index in [-0.39, 0.29) is 16.5 Å². The molecule has 3 aromatic rings. The van der Waals surface area contributed by atoms with E-state index < -0.39 is 5.97 Å². The Morgan fingerprint density at radius 1 is 1.04 bits per heavy atom. The molecule has 5 nitrogen and oxygen atoms in total. The van der Waals surface area contributed by atoms with Crippen LogP contribution in [0, 0.1) is 0 Å². The van der Waals surface area contributed by atoms with Crippen LogP contribution in [0.1, 0.15) is 10.5 Å². The summed E-state index contributed by atoms with van der Waals surface area (Å²) < 4.78 is 15.8. The molecule has 3 rings (SSSR count). The number of aromatic nitrogens is 1. The molecule has 0 N–H and O–H groups in total. The van der Waals surface area contributed by atoms with Gasteiger partial charge in [0.2, 0.25) is 0 Å². The first-order chi connectivity index (χ1) is 12.5. The van der Waals surface area contributed by atoms with E-state index in [9.17, 15) is 4.79 Å². The van der Waals surface area contributed by atoms with Gasteiger partial charge in [0, 0.05) is 10.9 Å². The van der Waals surface area contributed by atoms with Crippen LogP contribution in [-0.2, 0) is 0 Å². The number of esters is 1. The first-order valence-electron chi connectivity index (χ1n) is 7.37. The zero-order valence-corrected chi connectivity index (χ0v) is 16.1. The van der Waals surface area contributed by atoms with Crippen LogP contribution in [0.2, 0.25) is 10.0 Å². The van der Waals surface area contributed by atoms with E-state index in [0.29, 0.717) is 21.5 Å². The average Bonchev–Trinajstić information content (AvgIpc) is 3.15. The van der Waals surface area contributed by atoms with Crippen LogP contribution in [0.15, 0.2) is 41.8 Å².